The molecule has 20 heavy (non-hydrogen) atoms. The number of halogens is 2. The predicted octanol–water partition coefficient (Wildman–Crippen LogP) is 4.29. The standard InChI is InChI=1S/C14H13ClFN3S/c1-8-7-17-14(20-8)9(2)19-11-5-3-4-10(16)13(11)18-12(19)6-15/h3-5,7,9H,6H2,1-2H3. The molecule has 6 heteroatoms. The van der Waals surface area contributed by atoms with Gasteiger partial charge in [0.05, 0.1) is 17.4 Å². The average Bonchev–Trinajstić information content (AvgIpc) is 3.02. The molecule has 0 saturated carbocycles. The van der Waals surface area contributed by atoms with Gasteiger partial charge < -0.3 is 4.57 Å². The minimum Gasteiger partial charge on any atom is -0.317 e. The molecule has 0 fully saturated rings. The molecule has 0 saturated heterocycles. The number of hydrogen-bond donors (Lipinski definition) is 0. The minimum atomic E-state index is -0.324. The van der Waals surface area contributed by atoms with Gasteiger partial charge in [0, 0.05) is 11.1 Å². The monoisotopic (exact) mass is 309 g/mol. The van der Waals surface area contributed by atoms with Crippen molar-refractivity contribution >= 4 is 34.0 Å². The molecule has 2 heterocycles. The van der Waals surface area contributed by atoms with Crippen molar-refractivity contribution in [2.75, 3.05) is 0 Å². The Kier molecular flexibility index (Phi) is 3.48. The second-order valence-corrected chi connectivity index (χ2v) is 6.16. The summed E-state index contributed by atoms with van der Waals surface area (Å²) in [4.78, 5) is 9.87. The number of thiazole rings is 1. The van der Waals surface area contributed by atoms with Gasteiger partial charge in [0.2, 0.25) is 0 Å². The summed E-state index contributed by atoms with van der Waals surface area (Å²) in [7, 11) is 0. The summed E-state index contributed by atoms with van der Waals surface area (Å²) >= 11 is 7.60. The molecule has 3 rings (SSSR count). The molecule has 1 aromatic carbocycles. The number of fused-ring (bicyclic) bond motifs is 1. The number of imidazole rings is 1. The van der Waals surface area contributed by atoms with E-state index in [0.29, 0.717) is 11.3 Å². The zero-order valence-corrected chi connectivity index (χ0v) is 12.7. The first-order valence-corrected chi connectivity index (χ1v) is 7.60. The minimum absolute atomic E-state index is 0.0192. The molecule has 0 aliphatic heterocycles. The van der Waals surface area contributed by atoms with Crippen molar-refractivity contribution in [3.8, 4) is 0 Å². The molecule has 3 aromatic rings. The third-order valence-electron chi connectivity index (χ3n) is 3.25. The molecule has 1 atom stereocenters. The number of aromatic nitrogens is 3. The Morgan fingerprint density at radius 3 is 2.90 bits per heavy atom. The number of aryl methyl sites for hydroxylation is 1. The SMILES string of the molecule is Cc1cnc(C(C)n2c(CCl)nc3c(F)cccc32)s1. The van der Waals surface area contributed by atoms with Crippen molar-refractivity contribution < 1.29 is 4.39 Å². The zero-order chi connectivity index (χ0) is 14.3. The Hall–Kier alpha value is -1.46. The Morgan fingerprint density at radius 2 is 2.25 bits per heavy atom. The highest BCUT2D eigenvalue weighted by molar-refractivity contribution is 7.11. The highest BCUT2D eigenvalue weighted by atomic mass is 35.5. The first-order valence-electron chi connectivity index (χ1n) is 6.25. The third-order valence-corrected chi connectivity index (χ3v) is 4.57. The lowest BCUT2D eigenvalue weighted by molar-refractivity contribution is 0.629. The molecule has 0 amide bonds. The Balaban J connectivity index is 2.21. The van der Waals surface area contributed by atoms with Crippen molar-refractivity contribution in [1.29, 1.82) is 0 Å². The van der Waals surface area contributed by atoms with Crippen molar-refractivity contribution in [3.05, 3.63) is 45.9 Å². The lowest BCUT2D eigenvalue weighted by Crippen LogP contribution is -2.09. The molecule has 0 spiro atoms. The summed E-state index contributed by atoms with van der Waals surface area (Å²) < 4.78 is 15.8. The largest absolute Gasteiger partial charge is 0.317 e. The van der Waals surface area contributed by atoms with Crippen LogP contribution < -0.4 is 0 Å². The van der Waals surface area contributed by atoms with E-state index in [4.69, 9.17) is 11.6 Å². The van der Waals surface area contributed by atoms with E-state index < -0.39 is 0 Å². The van der Waals surface area contributed by atoms with Crippen LogP contribution in [0, 0.1) is 12.7 Å². The summed E-state index contributed by atoms with van der Waals surface area (Å²) in [6.07, 6.45) is 1.84. The van der Waals surface area contributed by atoms with Crippen molar-refractivity contribution in [3.63, 3.8) is 0 Å². The summed E-state index contributed by atoms with van der Waals surface area (Å²) in [6, 6.07) is 4.94. The molecule has 2 aromatic heterocycles. The molecule has 0 N–H and O–H groups in total. The van der Waals surface area contributed by atoms with Gasteiger partial charge >= 0.3 is 0 Å². The number of benzene rings is 1. The van der Waals surface area contributed by atoms with Crippen LogP contribution in [0.4, 0.5) is 4.39 Å². The number of hydrogen-bond acceptors (Lipinski definition) is 3. The van der Waals surface area contributed by atoms with Crippen molar-refractivity contribution in [1.82, 2.24) is 14.5 Å². The van der Waals surface area contributed by atoms with Gasteiger partial charge in [0.25, 0.3) is 0 Å². The highest BCUT2D eigenvalue weighted by Gasteiger charge is 2.20. The first kappa shape index (κ1) is 13.5. The fourth-order valence-corrected chi connectivity index (χ4v) is 3.34. The molecule has 104 valence electrons. The lowest BCUT2D eigenvalue weighted by Gasteiger charge is -2.14. The topological polar surface area (TPSA) is 30.7 Å². The fourth-order valence-electron chi connectivity index (χ4n) is 2.33. The van der Waals surface area contributed by atoms with E-state index in [2.05, 4.69) is 9.97 Å². The summed E-state index contributed by atoms with van der Waals surface area (Å²) in [5.74, 6) is 0.574. The van der Waals surface area contributed by atoms with Gasteiger partial charge in [0.15, 0.2) is 5.82 Å². The van der Waals surface area contributed by atoms with Gasteiger partial charge in [-0.25, -0.2) is 14.4 Å². The van der Waals surface area contributed by atoms with Crippen molar-refractivity contribution in [2.24, 2.45) is 0 Å². The zero-order valence-electron chi connectivity index (χ0n) is 11.1. The molecule has 1 unspecified atom stereocenters. The van der Waals surface area contributed by atoms with Crippen LogP contribution in [0.25, 0.3) is 11.0 Å². The number of para-hydroxylation sites is 1. The second-order valence-electron chi connectivity index (χ2n) is 4.62. The molecule has 0 radical (unpaired) electrons. The molecule has 3 nitrogen and oxygen atoms in total. The van der Waals surface area contributed by atoms with Crippen molar-refractivity contribution in [2.45, 2.75) is 25.8 Å². The van der Waals surface area contributed by atoms with Gasteiger partial charge in [0.1, 0.15) is 16.3 Å². The van der Waals surface area contributed by atoms with Crippen LogP contribution in [0.3, 0.4) is 0 Å². The van der Waals surface area contributed by atoms with Crippen LogP contribution in [0.15, 0.2) is 24.4 Å². The lowest BCUT2D eigenvalue weighted by atomic mass is 10.2. The Bertz CT molecular complexity index is 765. The summed E-state index contributed by atoms with van der Waals surface area (Å²) in [5.41, 5.74) is 1.12. The highest BCUT2D eigenvalue weighted by Crippen LogP contribution is 2.29. The number of alkyl halides is 1. The third kappa shape index (κ3) is 2.11. The van der Waals surface area contributed by atoms with Crippen LogP contribution in [0.1, 0.15) is 28.7 Å². The maximum Gasteiger partial charge on any atom is 0.151 e. The fraction of sp³-hybridized carbons (Fsp3) is 0.286. The van der Waals surface area contributed by atoms with Crippen LogP contribution in [0.5, 0.6) is 0 Å². The van der Waals surface area contributed by atoms with E-state index in [1.165, 1.54) is 6.07 Å². The molecule has 0 bridgehead atoms. The van der Waals surface area contributed by atoms with Gasteiger partial charge in [-0.15, -0.1) is 22.9 Å². The van der Waals surface area contributed by atoms with Crippen LogP contribution in [0.2, 0.25) is 0 Å². The number of rotatable bonds is 3. The molecule has 0 aliphatic carbocycles. The molecular weight excluding hydrogens is 297 g/mol. The summed E-state index contributed by atoms with van der Waals surface area (Å²) in [6.45, 7) is 4.04. The van der Waals surface area contributed by atoms with Crippen LogP contribution in [-0.4, -0.2) is 14.5 Å². The Labute approximate surface area is 125 Å². The molecular formula is C14H13ClFN3S. The summed E-state index contributed by atoms with van der Waals surface area (Å²) in [5, 5.41) is 0.970. The predicted molar refractivity (Wildman–Crippen MR) is 79.9 cm³/mol. The van der Waals surface area contributed by atoms with E-state index in [1.54, 1.807) is 17.4 Å². The maximum absolute atomic E-state index is 13.9. The Morgan fingerprint density at radius 1 is 1.45 bits per heavy atom. The first-order chi connectivity index (χ1) is 9.61. The second kappa shape index (κ2) is 5.14. The van der Waals surface area contributed by atoms with Gasteiger partial charge in [-0.1, -0.05) is 6.07 Å². The smallest absolute Gasteiger partial charge is 0.151 e. The normalized spacial score (nSPS) is 13.0. The quantitative estimate of drug-likeness (QED) is 0.676. The van der Waals surface area contributed by atoms with Gasteiger partial charge in [-0.05, 0) is 26.0 Å². The van der Waals surface area contributed by atoms with Gasteiger partial charge in [-0.2, -0.15) is 0 Å². The van der Waals surface area contributed by atoms with Crippen LogP contribution in [-0.2, 0) is 5.88 Å². The number of nitrogens with zero attached hydrogens (tertiary/aromatic N) is 3. The van der Waals surface area contributed by atoms with E-state index in [-0.39, 0.29) is 17.7 Å². The van der Waals surface area contributed by atoms with E-state index >= 15 is 0 Å². The van der Waals surface area contributed by atoms with E-state index in [9.17, 15) is 4.39 Å². The van der Waals surface area contributed by atoms with Crippen LogP contribution >= 0.6 is 22.9 Å². The molecule has 0 aliphatic rings. The van der Waals surface area contributed by atoms with E-state index in [1.807, 2.05) is 30.7 Å². The van der Waals surface area contributed by atoms with E-state index in [0.717, 1.165) is 15.4 Å². The average molecular weight is 310 g/mol. The maximum atomic E-state index is 13.9. The van der Waals surface area contributed by atoms with Gasteiger partial charge in [-0.3, -0.25) is 0 Å².